The maximum Gasteiger partial charge on any atom is 0.273 e. The molecule has 0 aliphatic heterocycles. The summed E-state index contributed by atoms with van der Waals surface area (Å²) < 4.78 is 1.64. The number of carbonyl (C=O) groups is 1. The van der Waals surface area contributed by atoms with Crippen LogP contribution in [-0.4, -0.2) is 20.8 Å². The molecule has 0 aliphatic rings. The number of phenols is 1. The predicted octanol–water partition coefficient (Wildman–Crippen LogP) is 3.73. The van der Waals surface area contributed by atoms with Crippen LogP contribution in [0, 0.1) is 0 Å². The first-order valence-corrected chi connectivity index (χ1v) is 7.27. The molecule has 0 fully saturated rings. The number of amides is 1. The average molecular weight is 328 g/mol. The molecule has 0 aliphatic carbocycles. The number of hydrogen-bond acceptors (Lipinski definition) is 3. The highest BCUT2D eigenvalue weighted by molar-refractivity contribution is 6.37. The Labute approximate surface area is 132 Å². The zero-order chi connectivity index (χ0) is 15.6. The smallest absolute Gasteiger partial charge is 0.273 e. The van der Waals surface area contributed by atoms with Crippen LogP contribution >= 0.6 is 23.2 Å². The second-order valence-corrected chi connectivity index (χ2v) is 5.25. The van der Waals surface area contributed by atoms with Gasteiger partial charge in [0.15, 0.2) is 5.75 Å². The molecule has 1 amide bonds. The lowest BCUT2D eigenvalue weighted by Gasteiger charge is -2.08. The molecule has 1 heterocycles. The molecule has 0 radical (unpaired) electrons. The Balaban J connectivity index is 2.28. The molecule has 112 valence electrons. The number of nitrogens with zero attached hydrogens (tertiary/aromatic N) is 2. The van der Waals surface area contributed by atoms with E-state index >= 15 is 0 Å². The van der Waals surface area contributed by atoms with Crippen LogP contribution in [0.1, 0.15) is 30.0 Å². The van der Waals surface area contributed by atoms with E-state index in [1.54, 1.807) is 10.7 Å². The lowest BCUT2D eigenvalue weighted by molar-refractivity contribution is 0.101. The summed E-state index contributed by atoms with van der Waals surface area (Å²) in [5.74, 6) is -0.509. The van der Waals surface area contributed by atoms with E-state index in [-0.39, 0.29) is 21.7 Å². The fourth-order valence-corrected chi connectivity index (χ4v) is 2.39. The van der Waals surface area contributed by atoms with Gasteiger partial charge in [-0.05, 0) is 31.5 Å². The standard InChI is InChI=1S/C14H15Cl2N3O2/c1-3-8-7-12(19(4-2)18-8)14(21)17-9-5-10(15)13(20)11(16)6-9/h5-7,20H,3-4H2,1-2H3,(H,17,21). The van der Waals surface area contributed by atoms with Crippen molar-refractivity contribution in [2.24, 2.45) is 0 Å². The maximum atomic E-state index is 12.3. The van der Waals surface area contributed by atoms with Crippen LogP contribution in [0.25, 0.3) is 0 Å². The molecule has 1 aromatic carbocycles. The van der Waals surface area contributed by atoms with Crippen molar-refractivity contribution < 1.29 is 9.90 Å². The number of anilines is 1. The minimum atomic E-state index is -0.304. The van der Waals surface area contributed by atoms with Crippen LogP contribution in [0.2, 0.25) is 10.0 Å². The number of aryl methyl sites for hydroxylation is 2. The third-order valence-corrected chi connectivity index (χ3v) is 3.58. The number of halogens is 2. The van der Waals surface area contributed by atoms with Gasteiger partial charge in [0.1, 0.15) is 5.69 Å². The minimum Gasteiger partial charge on any atom is -0.505 e. The summed E-state index contributed by atoms with van der Waals surface area (Å²) in [4.78, 5) is 12.3. The molecule has 5 nitrogen and oxygen atoms in total. The summed E-state index contributed by atoms with van der Waals surface area (Å²) in [5, 5.41) is 16.7. The number of aromatic hydroxyl groups is 1. The van der Waals surface area contributed by atoms with Gasteiger partial charge in [0.25, 0.3) is 5.91 Å². The largest absolute Gasteiger partial charge is 0.505 e. The molecule has 2 aromatic rings. The van der Waals surface area contributed by atoms with Crippen molar-refractivity contribution >= 4 is 34.8 Å². The fourth-order valence-electron chi connectivity index (χ4n) is 1.90. The van der Waals surface area contributed by atoms with E-state index in [2.05, 4.69) is 10.4 Å². The Morgan fingerprint density at radius 2 is 1.90 bits per heavy atom. The number of rotatable bonds is 4. The molecule has 2 rings (SSSR count). The van der Waals surface area contributed by atoms with Crippen molar-refractivity contribution in [3.63, 3.8) is 0 Å². The van der Waals surface area contributed by atoms with Crippen LogP contribution in [0.3, 0.4) is 0 Å². The Hall–Kier alpha value is -1.72. The zero-order valence-corrected chi connectivity index (χ0v) is 13.2. The van der Waals surface area contributed by atoms with Gasteiger partial charge in [0, 0.05) is 12.2 Å². The first kappa shape index (κ1) is 15.7. The fraction of sp³-hybridized carbons (Fsp3) is 0.286. The molecule has 0 saturated heterocycles. The Kier molecular flexibility index (Phi) is 4.75. The summed E-state index contributed by atoms with van der Waals surface area (Å²) in [6.45, 7) is 4.49. The van der Waals surface area contributed by atoms with Gasteiger partial charge in [-0.25, -0.2) is 0 Å². The highest BCUT2D eigenvalue weighted by Gasteiger charge is 2.15. The Morgan fingerprint density at radius 1 is 1.29 bits per heavy atom. The van der Waals surface area contributed by atoms with Crippen molar-refractivity contribution in [1.82, 2.24) is 9.78 Å². The molecule has 0 bridgehead atoms. The number of phenolic OH excluding ortho intramolecular Hbond substituents is 1. The monoisotopic (exact) mass is 327 g/mol. The normalized spacial score (nSPS) is 10.7. The van der Waals surface area contributed by atoms with E-state index in [9.17, 15) is 9.90 Å². The van der Waals surface area contributed by atoms with Crippen molar-refractivity contribution in [1.29, 1.82) is 0 Å². The van der Waals surface area contributed by atoms with E-state index in [1.165, 1.54) is 12.1 Å². The topological polar surface area (TPSA) is 67.2 Å². The summed E-state index contributed by atoms with van der Waals surface area (Å²) in [7, 11) is 0. The van der Waals surface area contributed by atoms with Gasteiger partial charge in [-0.1, -0.05) is 30.1 Å². The van der Waals surface area contributed by atoms with Gasteiger partial charge in [0.05, 0.1) is 15.7 Å². The molecule has 7 heteroatoms. The molecule has 1 aromatic heterocycles. The van der Waals surface area contributed by atoms with Gasteiger partial charge in [-0.15, -0.1) is 0 Å². The van der Waals surface area contributed by atoms with E-state index in [4.69, 9.17) is 23.2 Å². The quantitative estimate of drug-likeness (QED) is 0.841. The van der Waals surface area contributed by atoms with Crippen LogP contribution in [0.4, 0.5) is 5.69 Å². The van der Waals surface area contributed by atoms with E-state index < -0.39 is 0 Å². The highest BCUT2D eigenvalue weighted by atomic mass is 35.5. The van der Waals surface area contributed by atoms with Gasteiger partial charge in [-0.3, -0.25) is 9.48 Å². The molecule has 2 N–H and O–H groups in total. The molecular formula is C14H15Cl2N3O2. The van der Waals surface area contributed by atoms with Crippen molar-refractivity contribution in [2.45, 2.75) is 26.8 Å². The number of aromatic nitrogens is 2. The first-order valence-electron chi connectivity index (χ1n) is 6.52. The Morgan fingerprint density at radius 3 is 2.43 bits per heavy atom. The molecule has 0 saturated carbocycles. The van der Waals surface area contributed by atoms with Crippen molar-refractivity contribution in [3.8, 4) is 5.75 Å². The molecule has 21 heavy (non-hydrogen) atoms. The lowest BCUT2D eigenvalue weighted by Crippen LogP contribution is -2.17. The molecule has 0 spiro atoms. The van der Waals surface area contributed by atoms with Gasteiger partial charge in [0.2, 0.25) is 0 Å². The van der Waals surface area contributed by atoms with E-state index in [1.807, 2.05) is 13.8 Å². The molecule has 0 unspecified atom stereocenters. The second-order valence-electron chi connectivity index (χ2n) is 4.43. The first-order chi connectivity index (χ1) is 9.96. The molecular weight excluding hydrogens is 313 g/mol. The van der Waals surface area contributed by atoms with E-state index in [0.29, 0.717) is 17.9 Å². The van der Waals surface area contributed by atoms with Crippen LogP contribution in [0.15, 0.2) is 18.2 Å². The summed E-state index contributed by atoms with van der Waals surface area (Å²) >= 11 is 11.7. The van der Waals surface area contributed by atoms with Gasteiger partial charge >= 0.3 is 0 Å². The van der Waals surface area contributed by atoms with Crippen molar-refractivity contribution in [3.05, 3.63) is 39.6 Å². The molecule has 0 atom stereocenters. The third-order valence-electron chi connectivity index (χ3n) is 3.00. The number of hydrogen-bond donors (Lipinski definition) is 2. The third kappa shape index (κ3) is 3.31. The summed E-state index contributed by atoms with van der Waals surface area (Å²) in [5.41, 5.74) is 1.73. The van der Waals surface area contributed by atoms with Gasteiger partial charge < -0.3 is 10.4 Å². The number of benzene rings is 1. The van der Waals surface area contributed by atoms with Crippen LogP contribution in [0.5, 0.6) is 5.75 Å². The SMILES string of the molecule is CCc1cc(C(=O)Nc2cc(Cl)c(O)c(Cl)c2)n(CC)n1. The van der Waals surface area contributed by atoms with Crippen LogP contribution < -0.4 is 5.32 Å². The number of nitrogens with one attached hydrogen (secondary N) is 1. The average Bonchev–Trinajstić information content (AvgIpc) is 2.88. The summed E-state index contributed by atoms with van der Waals surface area (Å²) in [6.07, 6.45) is 0.754. The second kappa shape index (κ2) is 6.37. The lowest BCUT2D eigenvalue weighted by atomic mass is 10.2. The van der Waals surface area contributed by atoms with E-state index in [0.717, 1.165) is 12.1 Å². The highest BCUT2D eigenvalue weighted by Crippen LogP contribution is 2.34. The Bertz CT molecular complexity index is 660. The van der Waals surface area contributed by atoms with Crippen molar-refractivity contribution in [2.75, 3.05) is 5.32 Å². The predicted molar refractivity (Wildman–Crippen MR) is 83.4 cm³/mol. The zero-order valence-electron chi connectivity index (χ0n) is 11.7. The summed E-state index contributed by atoms with van der Waals surface area (Å²) in [6, 6.07) is 4.63. The minimum absolute atomic E-state index is 0.0797. The maximum absolute atomic E-state index is 12.3. The van der Waals surface area contributed by atoms with Crippen LogP contribution in [-0.2, 0) is 13.0 Å². The van der Waals surface area contributed by atoms with Gasteiger partial charge in [-0.2, -0.15) is 5.10 Å². The number of carbonyl (C=O) groups excluding carboxylic acids is 1.